The number of amides is 1. The summed E-state index contributed by atoms with van der Waals surface area (Å²) in [5.74, 6) is 1.69. The monoisotopic (exact) mass is 316 g/mol. The van der Waals surface area contributed by atoms with Gasteiger partial charge < -0.3 is 15.4 Å². The van der Waals surface area contributed by atoms with Gasteiger partial charge in [0.05, 0.1) is 6.10 Å². The fourth-order valence-electron chi connectivity index (χ4n) is 3.63. The van der Waals surface area contributed by atoms with Crippen molar-refractivity contribution >= 4 is 5.91 Å². The number of carbonyl (C=O) groups is 1. The summed E-state index contributed by atoms with van der Waals surface area (Å²) in [6, 6.07) is 8.24. The zero-order chi connectivity index (χ0) is 16.1. The van der Waals surface area contributed by atoms with Crippen LogP contribution in [0.4, 0.5) is 0 Å². The van der Waals surface area contributed by atoms with Gasteiger partial charge in [-0.2, -0.15) is 0 Å². The minimum Gasteiger partial charge on any atom is -0.490 e. The van der Waals surface area contributed by atoms with Crippen LogP contribution in [0.25, 0.3) is 0 Å². The van der Waals surface area contributed by atoms with Crippen molar-refractivity contribution < 1.29 is 9.53 Å². The number of benzene rings is 1. The first-order valence-corrected chi connectivity index (χ1v) is 8.98. The Kier molecular flexibility index (Phi) is 5.55. The van der Waals surface area contributed by atoms with E-state index < -0.39 is 0 Å². The van der Waals surface area contributed by atoms with E-state index in [2.05, 4.69) is 12.1 Å². The van der Waals surface area contributed by atoms with Crippen LogP contribution < -0.4 is 10.5 Å². The van der Waals surface area contributed by atoms with E-state index in [1.54, 1.807) is 0 Å². The molecule has 0 spiro atoms. The van der Waals surface area contributed by atoms with Crippen LogP contribution >= 0.6 is 0 Å². The fourth-order valence-corrected chi connectivity index (χ4v) is 3.63. The molecule has 4 heteroatoms. The number of hydrogen-bond donors (Lipinski definition) is 1. The molecule has 1 amide bonds. The lowest BCUT2D eigenvalue weighted by Gasteiger charge is -2.17. The van der Waals surface area contributed by atoms with Crippen LogP contribution in [-0.2, 0) is 11.2 Å². The summed E-state index contributed by atoms with van der Waals surface area (Å²) in [6.45, 7) is 2.38. The molecule has 23 heavy (non-hydrogen) atoms. The van der Waals surface area contributed by atoms with Crippen LogP contribution in [0.5, 0.6) is 5.75 Å². The van der Waals surface area contributed by atoms with Crippen LogP contribution in [0.15, 0.2) is 24.3 Å². The number of aryl methyl sites for hydroxylation is 1. The van der Waals surface area contributed by atoms with Crippen LogP contribution in [0.2, 0.25) is 0 Å². The van der Waals surface area contributed by atoms with E-state index in [0.717, 1.165) is 31.7 Å². The maximum Gasteiger partial charge on any atom is 0.222 e. The third-order valence-electron chi connectivity index (χ3n) is 5.10. The first-order valence-electron chi connectivity index (χ1n) is 8.98. The number of rotatable bonds is 6. The molecule has 0 bridgehead atoms. The predicted octanol–water partition coefficient (Wildman–Crippen LogP) is 2.75. The molecule has 2 fully saturated rings. The summed E-state index contributed by atoms with van der Waals surface area (Å²) in [6.07, 6.45) is 7.67. The van der Waals surface area contributed by atoms with E-state index in [1.165, 1.54) is 31.2 Å². The normalized spacial score (nSPS) is 21.8. The summed E-state index contributed by atoms with van der Waals surface area (Å²) >= 11 is 0. The summed E-state index contributed by atoms with van der Waals surface area (Å²) in [7, 11) is 0. The van der Waals surface area contributed by atoms with Gasteiger partial charge >= 0.3 is 0 Å². The number of hydrogen-bond acceptors (Lipinski definition) is 3. The van der Waals surface area contributed by atoms with Crippen molar-refractivity contribution in [2.75, 3.05) is 19.6 Å². The summed E-state index contributed by atoms with van der Waals surface area (Å²) in [4.78, 5) is 14.3. The molecule has 1 saturated carbocycles. The molecule has 0 aromatic heterocycles. The van der Waals surface area contributed by atoms with Gasteiger partial charge in [0.2, 0.25) is 5.91 Å². The predicted molar refractivity (Wildman–Crippen MR) is 91.4 cm³/mol. The average Bonchev–Trinajstić information content (AvgIpc) is 3.24. The van der Waals surface area contributed by atoms with Crippen LogP contribution in [0, 0.1) is 5.92 Å². The Bertz CT molecular complexity index is 526. The minimum atomic E-state index is 0.253. The molecule has 1 aliphatic carbocycles. The molecule has 0 radical (unpaired) electrons. The number of carbonyl (C=O) groups excluding carboxylic acids is 1. The van der Waals surface area contributed by atoms with Gasteiger partial charge in [-0.3, -0.25) is 4.79 Å². The Morgan fingerprint density at radius 1 is 1.26 bits per heavy atom. The first kappa shape index (κ1) is 16.3. The van der Waals surface area contributed by atoms with Crippen molar-refractivity contribution in [3.8, 4) is 5.75 Å². The number of nitrogens with two attached hydrogens (primary N) is 1. The Hall–Kier alpha value is -1.55. The van der Waals surface area contributed by atoms with E-state index in [0.29, 0.717) is 25.0 Å². The second-order valence-corrected chi connectivity index (χ2v) is 6.90. The van der Waals surface area contributed by atoms with Gasteiger partial charge in [0, 0.05) is 19.5 Å². The second kappa shape index (κ2) is 7.82. The average molecular weight is 316 g/mol. The zero-order valence-corrected chi connectivity index (χ0v) is 13.9. The molecule has 4 nitrogen and oxygen atoms in total. The lowest BCUT2D eigenvalue weighted by Crippen LogP contribution is -2.30. The maximum absolute atomic E-state index is 12.3. The molecule has 1 aromatic rings. The van der Waals surface area contributed by atoms with Crippen LogP contribution in [0.1, 0.15) is 44.1 Å². The van der Waals surface area contributed by atoms with Gasteiger partial charge in [-0.1, -0.05) is 12.1 Å². The van der Waals surface area contributed by atoms with Crippen molar-refractivity contribution in [3.63, 3.8) is 0 Å². The van der Waals surface area contributed by atoms with E-state index in [4.69, 9.17) is 10.5 Å². The molecule has 1 unspecified atom stereocenters. The third-order valence-corrected chi connectivity index (χ3v) is 5.10. The van der Waals surface area contributed by atoms with E-state index in [9.17, 15) is 4.79 Å². The summed E-state index contributed by atoms with van der Waals surface area (Å²) in [5, 5.41) is 0. The summed E-state index contributed by atoms with van der Waals surface area (Å²) < 4.78 is 6.04. The van der Waals surface area contributed by atoms with E-state index in [-0.39, 0.29) is 5.91 Å². The molecular formula is C19H28N2O2. The topological polar surface area (TPSA) is 55.6 Å². The van der Waals surface area contributed by atoms with Gasteiger partial charge in [0.15, 0.2) is 0 Å². The lowest BCUT2D eigenvalue weighted by atomic mass is 10.1. The molecule has 1 heterocycles. The highest BCUT2D eigenvalue weighted by Crippen LogP contribution is 2.25. The standard InChI is InChI=1S/C19H28N2O2/c20-13-16-10-11-21(14-16)19(22)9-8-15-4-3-7-18(12-15)23-17-5-1-2-6-17/h3-4,7,12,16-17H,1-2,5-6,8-11,13-14,20H2. The molecular weight excluding hydrogens is 288 g/mol. The highest BCUT2D eigenvalue weighted by atomic mass is 16.5. The van der Waals surface area contributed by atoms with Crippen LogP contribution in [-0.4, -0.2) is 36.5 Å². The van der Waals surface area contributed by atoms with Gasteiger partial charge in [-0.25, -0.2) is 0 Å². The number of likely N-dealkylation sites (tertiary alicyclic amines) is 1. The van der Waals surface area contributed by atoms with Gasteiger partial charge in [-0.15, -0.1) is 0 Å². The van der Waals surface area contributed by atoms with Crippen molar-refractivity contribution in [1.29, 1.82) is 0 Å². The molecule has 1 atom stereocenters. The number of ether oxygens (including phenoxy) is 1. The Labute approximate surface area is 139 Å². The van der Waals surface area contributed by atoms with Crippen molar-refractivity contribution in [2.45, 2.75) is 51.0 Å². The highest BCUT2D eigenvalue weighted by Gasteiger charge is 2.24. The minimum absolute atomic E-state index is 0.253. The molecule has 1 aliphatic heterocycles. The Morgan fingerprint density at radius 2 is 2.09 bits per heavy atom. The van der Waals surface area contributed by atoms with Crippen molar-refractivity contribution in [1.82, 2.24) is 4.90 Å². The van der Waals surface area contributed by atoms with Gasteiger partial charge in [-0.05, 0) is 68.7 Å². The highest BCUT2D eigenvalue weighted by molar-refractivity contribution is 5.76. The van der Waals surface area contributed by atoms with Crippen molar-refractivity contribution in [2.24, 2.45) is 11.7 Å². The van der Waals surface area contributed by atoms with Crippen LogP contribution in [0.3, 0.4) is 0 Å². The number of nitrogens with zero attached hydrogens (tertiary/aromatic N) is 1. The molecule has 126 valence electrons. The van der Waals surface area contributed by atoms with Gasteiger partial charge in [0.25, 0.3) is 0 Å². The Morgan fingerprint density at radius 3 is 2.83 bits per heavy atom. The third kappa shape index (κ3) is 4.47. The van der Waals surface area contributed by atoms with Crippen molar-refractivity contribution in [3.05, 3.63) is 29.8 Å². The maximum atomic E-state index is 12.3. The fraction of sp³-hybridized carbons (Fsp3) is 0.632. The first-order chi connectivity index (χ1) is 11.2. The SMILES string of the molecule is NCC1CCN(C(=O)CCc2cccc(OC3CCCC3)c2)C1. The van der Waals surface area contributed by atoms with E-state index in [1.807, 2.05) is 17.0 Å². The zero-order valence-electron chi connectivity index (χ0n) is 13.9. The largest absolute Gasteiger partial charge is 0.490 e. The lowest BCUT2D eigenvalue weighted by molar-refractivity contribution is -0.130. The second-order valence-electron chi connectivity index (χ2n) is 6.90. The molecule has 2 aliphatic rings. The van der Waals surface area contributed by atoms with E-state index >= 15 is 0 Å². The summed E-state index contributed by atoms with van der Waals surface area (Å²) in [5.41, 5.74) is 6.88. The molecule has 1 aromatic carbocycles. The molecule has 3 rings (SSSR count). The quantitative estimate of drug-likeness (QED) is 0.878. The smallest absolute Gasteiger partial charge is 0.222 e. The van der Waals surface area contributed by atoms with Gasteiger partial charge in [0.1, 0.15) is 5.75 Å². The molecule has 2 N–H and O–H groups in total. The Balaban J connectivity index is 1.49. The molecule has 1 saturated heterocycles.